The van der Waals surface area contributed by atoms with Gasteiger partial charge in [-0.15, -0.1) is 0 Å². The molecule has 1 fully saturated rings. The summed E-state index contributed by atoms with van der Waals surface area (Å²) in [4.78, 5) is 0. The zero-order valence-electron chi connectivity index (χ0n) is 15.7. The van der Waals surface area contributed by atoms with E-state index in [-0.39, 0.29) is 6.10 Å². The smallest absolute Gasteiger partial charge is 0.161 e. The van der Waals surface area contributed by atoms with E-state index in [1.807, 2.05) is 6.07 Å². The Balaban J connectivity index is 1.59. The monoisotopic (exact) mass is 355 g/mol. The van der Waals surface area contributed by atoms with Gasteiger partial charge in [0.05, 0.1) is 13.2 Å². The predicted octanol–water partition coefficient (Wildman–Crippen LogP) is 4.49. The molecule has 4 heteroatoms. The largest absolute Gasteiger partial charge is 0.493 e. The van der Waals surface area contributed by atoms with Crippen molar-refractivity contribution in [1.82, 2.24) is 5.32 Å². The van der Waals surface area contributed by atoms with Crippen molar-refractivity contribution in [2.24, 2.45) is 0 Å². The summed E-state index contributed by atoms with van der Waals surface area (Å²) in [6.45, 7) is 4.42. The van der Waals surface area contributed by atoms with Crippen LogP contribution < -0.4 is 14.8 Å². The molecule has 4 nitrogen and oxygen atoms in total. The minimum Gasteiger partial charge on any atom is -0.493 e. The third kappa shape index (κ3) is 4.99. The van der Waals surface area contributed by atoms with Gasteiger partial charge in [0.1, 0.15) is 6.61 Å². The topological polar surface area (TPSA) is 39.7 Å². The summed E-state index contributed by atoms with van der Waals surface area (Å²) in [5.74, 6) is 1.55. The second kappa shape index (κ2) is 9.60. The first-order chi connectivity index (χ1) is 12.8. The van der Waals surface area contributed by atoms with Gasteiger partial charge in [-0.1, -0.05) is 43.3 Å². The van der Waals surface area contributed by atoms with Crippen LogP contribution in [-0.4, -0.2) is 26.4 Å². The van der Waals surface area contributed by atoms with Gasteiger partial charge in [-0.25, -0.2) is 0 Å². The summed E-state index contributed by atoms with van der Waals surface area (Å²) >= 11 is 0. The van der Waals surface area contributed by atoms with Crippen LogP contribution >= 0.6 is 0 Å². The van der Waals surface area contributed by atoms with E-state index in [4.69, 9.17) is 14.2 Å². The number of rotatable bonds is 9. The Labute approximate surface area is 156 Å². The minimum absolute atomic E-state index is 0.206. The zero-order chi connectivity index (χ0) is 18.2. The molecule has 1 N–H and O–H groups in total. The molecule has 2 aromatic carbocycles. The second-order valence-corrected chi connectivity index (χ2v) is 6.68. The van der Waals surface area contributed by atoms with E-state index in [2.05, 4.69) is 54.7 Å². The maximum absolute atomic E-state index is 5.91. The van der Waals surface area contributed by atoms with Crippen molar-refractivity contribution >= 4 is 0 Å². The van der Waals surface area contributed by atoms with E-state index in [0.717, 1.165) is 43.9 Å². The van der Waals surface area contributed by atoms with Crippen LogP contribution in [0.2, 0.25) is 0 Å². The minimum atomic E-state index is 0.206. The van der Waals surface area contributed by atoms with Crippen LogP contribution in [0.4, 0.5) is 0 Å². The van der Waals surface area contributed by atoms with E-state index >= 15 is 0 Å². The lowest BCUT2D eigenvalue weighted by atomic mass is 10.0. The van der Waals surface area contributed by atoms with Gasteiger partial charge < -0.3 is 19.5 Å². The van der Waals surface area contributed by atoms with Gasteiger partial charge in [0, 0.05) is 19.2 Å². The third-order valence-electron chi connectivity index (χ3n) is 4.84. The molecular formula is C22H29NO3. The summed E-state index contributed by atoms with van der Waals surface area (Å²) in [6, 6.07) is 17.1. The van der Waals surface area contributed by atoms with E-state index in [0.29, 0.717) is 12.6 Å². The van der Waals surface area contributed by atoms with Gasteiger partial charge in [-0.05, 0) is 42.5 Å². The van der Waals surface area contributed by atoms with E-state index in [9.17, 15) is 0 Å². The molecule has 2 aromatic rings. The first-order valence-corrected chi connectivity index (χ1v) is 9.49. The molecule has 2 unspecified atom stereocenters. The van der Waals surface area contributed by atoms with Crippen molar-refractivity contribution in [1.29, 1.82) is 0 Å². The summed E-state index contributed by atoms with van der Waals surface area (Å²) in [5, 5.41) is 3.63. The molecule has 1 aliphatic heterocycles. The number of benzene rings is 2. The Morgan fingerprint density at radius 1 is 1.15 bits per heavy atom. The Bertz CT molecular complexity index is 668. The van der Waals surface area contributed by atoms with Gasteiger partial charge in [0.2, 0.25) is 0 Å². The van der Waals surface area contributed by atoms with Crippen molar-refractivity contribution in [2.75, 3.05) is 20.3 Å². The summed E-state index contributed by atoms with van der Waals surface area (Å²) in [5.41, 5.74) is 2.50. The van der Waals surface area contributed by atoms with Crippen LogP contribution in [0.15, 0.2) is 48.5 Å². The highest BCUT2D eigenvalue weighted by Crippen LogP contribution is 2.29. The van der Waals surface area contributed by atoms with Gasteiger partial charge in [0.25, 0.3) is 0 Å². The molecule has 0 bridgehead atoms. The standard InChI is InChI=1S/C22H29NO3/c1-3-20(18-8-5-4-6-9-18)23-15-17-11-12-21(22(14-17)24-2)26-16-19-10-7-13-25-19/h4-6,8-9,11-12,14,19-20,23H,3,7,10,13,15-16H2,1-2H3. The molecule has 1 heterocycles. The summed E-state index contributed by atoms with van der Waals surface area (Å²) in [6.07, 6.45) is 3.44. The average Bonchev–Trinajstić information content (AvgIpc) is 3.21. The maximum atomic E-state index is 5.91. The van der Waals surface area contributed by atoms with Crippen molar-refractivity contribution in [3.8, 4) is 11.5 Å². The Morgan fingerprint density at radius 3 is 2.69 bits per heavy atom. The fourth-order valence-corrected chi connectivity index (χ4v) is 3.32. The van der Waals surface area contributed by atoms with E-state index in [1.54, 1.807) is 7.11 Å². The van der Waals surface area contributed by atoms with Gasteiger partial charge in [-0.3, -0.25) is 0 Å². The molecule has 140 valence electrons. The normalized spacial score (nSPS) is 17.8. The molecule has 0 radical (unpaired) electrons. The SMILES string of the molecule is CCC(NCc1ccc(OCC2CCCO2)c(OC)c1)c1ccccc1. The van der Waals surface area contributed by atoms with E-state index < -0.39 is 0 Å². The Morgan fingerprint density at radius 2 is 2.00 bits per heavy atom. The summed E-state index contributed by atoms with van der Waals surface area (Å²) < 4.78 is 17.1. The second-order valence-electron chi connectivity index (χ2n) is 6.68. The highest BCUT2D eigenvalue weighted by atomic mass is 16.5. The van der Waals surface area contributed by atoms with Gasteiger partial charge >= 0.3 is 0 Å². The van der Waals surface area contributed by atoms with Crippen LogP contribution in [0, 0.1) is 0 Å². The van der Waals surface area contributed by atoms with Crippen molar-refractivity contribution < 1.29 is 14.2 Å². The third-order valence-corrected chi connectivity index (χ3v) is 4.84. The number of ether oxygens (including phenoxy) is 3. The quantitative estimate of drug-likeness (QED) is 0.719. The lowest BCUT2D eigenvalue weighted by Crippen LogP contribution is -2.20. The summed E-state index contributed by atoms with van der Waals surface area (Å²) in [7, 11) is 1.68. The fraction of sp³-hybridized carbons (Fsp3) is 0.455. The molecule has 0 aliphatic carbocycles. The zero-order valence-corrected chi connectivity index (χ0v) is 15.7. The molecule has 0 spiro atoms. The molecule has 2 atom stereocenters. The highest BCUT2D eigenvalue weighted by Gasteiger charge is 2.17. The molecule has 1 saturated heterocycles. The van der Waals surface area contributed by atoms with Gasteiger partial charge in [0.15, 0.2) is 11.5 Å². The maximum Gasteiger partial charge on any atom is 0.161 e. The van der Waals surface area contributed by atoms with Crippen molar-refractivity contribution in [3.63, 3.8) is 0 Å². The predicted molar refractivity (Wildman–Crippen MR) is 104 cm³/mol. The fourth-order valence-electron chi connectivity index (χ4n) is 3.32. The molecule has 0 amide bonds. The molecule has 26 heavy (non-hydrogen) atoms. The molecule has 0 aromatic heterocycles. The van der Waals surface area contributed by atoms with Crippen LogP contribution in [0.1, 0.15) is 43.4 Å². The number of hydrogen-bond acceptors (Lipinski definition) is 4. The highest BCUT2D eigenvalue weighted by molar-refractivity contribution is 5.43. The molecule has 1 aliphatic rings. The molecule has 3 rings (SSSR count). The lowest BCUT2D eigenvalue weighted by Gasteiger charge is -2.18. The average molecular weight is 355 g/mol. The van der Waals surface area contributed by atoms with Crippen LogP contribution in [0.3, 0.4) is 0 Å². The Hall–Kier alpha value is -2.04. The van der Waals surface area contributed by atoms with Crippen molar-refractivity contribution in [3.05, 3.63) is 59.7 Å². The number of methoxy groups -OCH3 is 1. The number of nitrogens with one attached hydrogen (secondary N) is 1. The van der Waals surface area contributed by atoms with Crippen LogP contribution in [0.25, 0.3) is 0 Å². The number of hydrogen-bond donors (Lipinski definition) is 1. The Kier molecular flexibility index (Phi) is 6.92. The first kappa shape index (κ1) is 18.7. The van der Waals surface area contributed by atoms with E-state index in [1.165, 1.54) is 11.1 Å². The molecule has 0 saturated carbocycles. The molecular weight excluding hydrogens is 326 g/mol. The van der Waals surface area contributed by atoms with Crippen LogP contribution in [-0.2, 0) is 11.3 Å². The van der Waals surface area contributed by atoms with Crippen LogP contribution in [0.5, 0.6) is 11.5 Å². The first-order valence-electron chi connectivity index (χ1n) is 9.49. The lowest BCUT2D eigenvalue weighted by molar-refractivity contribution is 0.0669. The van der Waals surface area contributed by atoms with Gasteiger partial charge in [-0.2, -0.15) is 0 Å². The van der Waals surface area contributed by atoms with Crippen molar-refractivity contribution in [2.45, 2.75) is 44.9 Å².